The third kappa shape index (κ3) is 3.50. The van der Waals surface area contributed by atoms with Gasteiger partial charge in [0.05, 0.1) is 22.5 Å². The van der Waals surface area contributed by atoms with Gasteiger partial charge < -0.3 is 9.72 Å². The quantitative estimate of drug-likeness (QED) is 0.303. The van der Waals surface area contributed by atoms with Crippen LogP contribution in [0.5, 0.6) is 11.5 Å². The van der Waals surface area contributed by atoms with Gasteiger partial charge in [-0.05, 0) is 78.3 Å². The minimum atomic E-state index is -0.410. The number of carbonyl (C=O) groups is 2. The number of halogens is 1. The number of H-pyrrole nitrogens is 1. The number of nitrogens with one attached hydrogen (secondary N) is 1. The Balaban J connectivity index is 1.19. The average molecular weight is 571 g/mol. The number of para-hydroxylation sites is 1. The number of hydrogen-bond acceptors (Lipinski definition) is 6. The summed E-state index contributed by atoms with van der Waals surface area (Å²) in [6.07, 6.45) is 0.808. The summed E-state index contributed by atoms with van der Waals surface area (Å²) in [5.41, 5.74) is 1.46. The number of benzene rings is 3. The number of fused-ring (bicyclic) bond motifs is 9. The normalized spacial score (nSPS) is 29.8. The van der Waals surface area contributed by atoms with E-state index in [9.17, 15) is 18.8 Å². The molecular formula is C31H23FN2O4S2. The van der Waals surface area contributed by atoms with Crippen molar-refractivity contribution in [3.8, 4) is 11.5 Å². The first kappa shape index (κ1) is 24.1. The highest BCUT2D eigenvalue weighted by Crippen LogP contribution is 2.68. The molecule has 4 aromatic rings. The standard InChI is InChI=1S/C31H23FN2O4S2/c32-16-9-11-17(12-10-16)34-29(35)24-20-14-21(25(24)30(34)36)26-23(20)22(27-28(39-26)33-31(37)40-27)15-5-4-8-19(13-15)38-18-6-2-1-3-7-18/h1-13,20-26H,14H2,(H,33,37)/t20?,21?,22-,23?,24?,25?,26?/m1/s1. The van der Waals surface area contributed by atoms with E-state index in [4.69, 9.17) is 4.74 Å². The molecule has 4 aliphatic rings. The number of rotatable bonds is 4. The first-order valence-electron chi connectivity index (χ1n) is 13.3. The van der Waals surface area contributed by atoms with Gasteiger partial charge in [0.1, 0.15) is 17.3 Å². The van der Waals surface area contributed by atoms with Crippen LogP contribution in [0.4, 0.5) is 10.1 Å². The summed E-state index contributed by atoms with van der Waals surface area (Å²) in [6.45, 7) is 0. The lowest BCUT2D eigenvalue weighted by molar-refractivity contribution is -0.123. The van der Waals surface area contributed by atoms with Gasteiger partial charge in [-0.1, -0.05) is 41.7 Å². The molecule has 200 valence electrons. The van der Waals surface area contributed by atoms with Crippen LogP contribution in [0, 0.1) is 35.4 Å². The maximum atomic E-state index is 13.8. The van der Waals surface area contributed by atoms with Crippen molar-refractivity contribution in [2.45, 2.75) is 22.6 Å². The zero-order chi connectivity index (χ0) is 27.1. The van der Waals surface area contributed by atoms with Crippen LogP contribution in [-0.2, 0) is 9.59 Å². The fraction of sp³-hybridized carbons (Fsp3) is 0.258. The lowest BCUT2D eigenvalue weighted by atomic mass is 9.68. The Labute approximate surface area is 237 Å². The minimum absolute atomic E-state index is 0.00319. The van der Waals surface area contributed by atoms with E-state index in [2.05, 4.69) is 11.1 Å². The summed E-state index contributed by atoms with van der Waals surface area (Å²) in [5.74, 6) is -0.121. The Morgan fingerprint density at radius 2 is 1.57 bits per heavy atom. The maximum Gasteiger partial charge on any atom is 0.305 e. The van der Waals surface area contributed by atoms with Crippen molar-refractivity contribution in [2.24, 2.45) is 29.6 Å². The van der Waals surface area contributed by atoms with Crippen LogP contribution in [0.2, 0.25) is 0 Å². The van der Waals surface area contributed by atoms with Gasteiger partial charge >= 0.3 is 4.87 Å². The van der Waals surface area contributed by atoms with Crippen molar-refractivity contribution in [3.05, 3.63) is 105 Å². The maximum absolute atomic E-state index is 13.8. The molecule has 3 fully saturated rings. The molecule has 1 saturated heterocycles. The number of amides is 2. The van der Waals surface area contributed by atoms with E-state index in [0.29, 0.717) is 11.4 Å². The fourth-order valence-electron chi connectivity index (χ4n) is 7.63. The Morgan fingerprint density at radius 3 is 2.35 bits per heavy atom. The lowest BCUT2D eigenvalue weighted by Gasteiger charge is -2.43. The molecule has 0 radical (unpaired) electrons. The second-order valence-electron chi connectivity index (χ2n) is 10.9. The number of anilines is 1. The minimum Gasteiger partial charge on any atom is -0.457 e. The number of thiazole rings is 1. The molecule has 2 bridgehead atoms. The Morgan fingerprint density at radius 1 is 0.850 bits per heavy atom. The number of ether oxygens (including phenoxy) is 1. The van der Waals surface area contributed by atoms with Crippen LogP contribution in [0.1, 0.15) is 22.8 Å². The fourth-order valence-corrected chi connectivity index (χ4v) is 10.5. The second kappa shape index (κ2) is 8.91. The van der Waals surface area contributed by atoms with E-state index in [1.165, 1.54) is 40.5 Å². The number of carbonyl (C=O) groups excluding carboxylic acids is 2. The molecule has 9 heteroatoms. The molecule has 6 nitrogen and oxygen atoms in total. The Hall–Kier alpha value is -3.69. The van der Waals surface area contributed by atoms with Gasteiger partial charge in [-0.3, -0.25) is 19.3 Å². The molecule has 6 unspecified atom stereocenters. The van der Waals surface area contributed by atoms with Crippen molar-refractivity contribution in [1.82, 2.24) is 4.98 Å². The summed E-state index contributed by atoms with van der Waals surface area (Å²) < 4.78 is 19.7. The van der Waals surface area contributed by atoms with E-state index in [1.54, 1.807) is 11.8 Å². The molecule has 2 amide bonds. The van der Waals surface area contributed by atoms with E-state index in [-0.39, 0.29) is 45.6 Å². The monoisotopic (exact) mass is 570 g/mol. The van der Waals surface area contributed by atoms with E-state index >= 15 is 0 Å². The van der Waals surface area contributed by atoms with Crippen molar-refractivity contribution < 1.29 is 18.7 Å². The number of nitrogens with zero attached hydrogens (tertiary/aromatic N) is 1. The number of thioether (sulfide) groups is 1. The zero-order valence-corrected chi connectivity index (χ0v) is 22.7. The molecule has 8 rings (SSSR count). The van der Waals surface area contributed by atoms with E-state index in [0.717, 1.165) is 27.6 Å². The highest BCUT2D eigenvalue weighted by Gasteiger charge is 2.69. The van der Waals surface area contributed by atoms with Crippen molar-refractivity contribution in [3.63, 3.8) is 0 Å². The first-order chi connectivity index (χ1) is 19.5. The molecule has 2 aliphatic heterocycles. The van der Waals surface area contributed by atoms with Crippen molar-refractivity contribution >= 4 is 40.6 Å². The predicted molar refractivity (Wildman–Crippen MR) is 150 cm³/mol. The summed E-state index contributed by atoms with van der Waals surface area (Å²) >= 11 is 2.89. The first-order valence-corrected chi connectivity index (χ1v) is 15.0. The Bertz CT molecular complexity index is 1720. The van der Waals surface area contributed by atoms with Gasteiger partial charge in [0.25, 0.3) is 0 Å². The molecule has 1 aromatic heterocycles. The smallest absolute Gasteiger partial charge is 0.305 e. The SMILES string of the molecule is O=C1C2C3CC(C2C(=O)N1c1ccc(F)cc1)C1C3Sc2[nH]c(=O)sc2[C@@H]1c1cccc(Oc2ccccc2)c1. The average Bonchev–Trinajstić information content (AvgIpc) is 3.69. The van der Waals surface area contributed by atoms with Crippen LogP contribution in [0.15, 0.2) is 88.7 Å². The molecule has 40 heavy (non-hydrogen) atoms. The van der Waals surface area contributed by atoms with E-state index < -0.39 is 17.7 Å². The summed E-state index contributed by atoms with van der Waals surface area (Å²) in [4.78, 5) is 45.3. The molecule has 3 aromatic carbocycles. The van der Waals surface area contributed by atoms with Gasteiger partial charge in [0.15, 0.2) is 0 Å². The third-order valence-electron chi connectivity index (χ3n) is 9.00. The van der Waals surface area contributed by atoms with Gasteiger partial charge in [0, 0.05) is 16.0 Å². The number of hydrogen-bond donors (Lipinski definition) is 1. The van der Waals surface area contributed by atoms with Gasteiger partial charge in [0.2, 0.25) is 11.8 Å². The Kier molecular flexibility index (Phi) is 5.37. The number of aromatic nitrogens is 1. The third-order valence-corrected chi connectivity index (χ3v) is 11.6. The summed E-state index contributed by atoms with van der Waals surface area (Å²) in [5, 5.41) is 0.963. The zero-order valence-electron chi connectivity index (χ0n) is 21.0. The summed E-state index contributed by atoms with van der Waals surface area (Å²) in [6, 6.07) is 23.1. The number of aromatic amines is 1. The van der Waals surface area contributed by atoms with Gasteiger partial charge in [-0.15, -0.1) is 11.8 Å². The predicted octanol–water partition coefficient (Wildman–Crippen LogP) is 6.05. The van der Waals surface area contributed by atoms with Gasteiger partial charge in [-0.2, -0.15) is 0 Å². The largest absolute Gasteiger partial charge is 0.457 e. The van der Waals surface area contributed by atoms with Crippen molar-refractivity contribution in [1.29, 1.82) is 0 Å². The van der Waals surface area contributed by atoms with Crippen LogP contribution < -0.4 is 14.5 Å². The lowest BCUT2D eigenvalue weighted by Crippen LogP contribution is -2.42. The number of imide groups is 1. The highest BCUT2D eigenvalue weighted by molar-refractivity contribution is 8.00. The molecule has 2 aliphatic carbocycles. The molecule has 2 saturated carbocycles. The van der Waals surface area contributed by atoms with Gasteiger partial charge in [-0.25, -0.2) is 4.39 Å². The molecule has 0 spiro atoms. The molecule has 1 N–H and O–H groups in total. The molecular weight excluding hydrogens is 547 g/mol. The topological polar surface area (TPSA) is 79.5 Å². The summed E-state index contributed by atoms with van der Waals surface area (Å²) in [7, 11) is 0. The van der Waals surface area contributed by atoms with Crippen LogP contribution >= 0.6 is 23.1 Å². The second-order valence-corrected chi connectivity index (χ2v) is 13.1. The van der Waals surface area contributed by atoms with Crippen LogP contribution in [0.25, 0.3) is 0 Å². The molecule has 7 atom stereocenters. The van der Waals surface area contributed by atoms with Crippen molar-refractivity contribution in [2.75, 3.05) is 4.90 Å². The highest BCUT2D eigenvalue weighted by atomic mass is 32.2. The van der Waals surface area contributed by atoms with Crippen LogP contribution in [-0.4, -0.2) is 22.0 Å². The molecule has 3 heterocycles. The van der Waals surface area contributed by atoms with Crippen LogP contribution in [0.3, 0.4) is 0 Å². The van der Waals surface area contributed by atoms with E-state index in [1.807, 2.05) is 48.5 Å².